The molecule has 0 radical (unpaired) electrons. The largest absolute Gasteiger partial charge is 0.397 e. The summed E-state index contributed by atoms with van der Waals surface area (Å²) in [7, 11) is 2.19. The van der Waals surface area contributed by atoms with Crippen molar-refractivity contribution < 1.29 is 0 Å². The lowest BCUT2D eigenvalue weighted by molar-refractivity contribution is 0.226. The van der Waals surface area contributed by atoms with Crippen LogP contribution in [-0.4, -0.2) is 36.6 Å². The number of nitrogen functional groups attached to an aromatic ring is 1. The summed E-state index contributed by atoms with van der Waals surface area (Å²) in [4.78, 5) is 6.73. The van der Waals surface area contributed by atoms with Crippen LogP contribution >= 0.6 is 15.9 Å². The molecule has 0 bridgehead atoms. The predicted molar refractivity (Wildman–Crippen MR) is 79.8 cm³/mol. The summed E-state index contributed by atoms with van der Waals surface area (Å²) in [5.41, 5.74) is 7.60. The van der Waals surface area contributed by atoms with Crippen molar-refractivity contribution in [1.29, 1.82) is 0 Å². The molecule has 2 heterocycles. The van der Waals surface area contributed by atoms with Gasteiger partial charge in [0, 0.05) is 6.54 Å². The third-order valence-corrected chi connectivity index (χ3v) is 4.67. The van der Waals surface area contributed by atoms with Crippen molar-refractivity contribution in [2.24, 2.45) is 5.92 Å². The number of hydrogen-bond donors (Lipinski definition) is 2. The van der Waals surface area contributed by atoms with Crippen LogP contribution in [0.4, 0.5) is 11.5 Å². The highest BCUT2D eigenvalue weighted by atomic mass is 79.9. The van der Waals surface area contributed by atoms with Crippen LogP contribution in [0.25, 0.3) is 0 Å². The van der Waals surface area contributed by atoms with E-state index >= 15 is 0 Å². The van der Waals surface area contributed by atoms with Gasteiger partial charge in [-0.3, -0.25) is 0 Å². The molecule has 4 nitrogen and oxygen atoms in total. The van der Waals surface area contributed by atoms with Crippen LogP contribution in [0.5, 0.6) is 0 Å². The Labute approximate surface area is 117 Å². The van der Waals surface area contributed by atoms with Crippen LogP contribution in [0.3, 0.4) is 0 Å². The molecule has 1 aromatic rings. The maximum atomic E-state index is 5.82. The molecule has 0 aliphatic carbocycles. The standard InChI is InChI=1S/C13H21BrN4/c1-9-11(15)8-17-13(12(9)14)16-7-10-3-5-18(2)6-4-10/h8,10H,3-7,15H2,1-2H3,(H,16,17). The third-order valence-electron chi connectivity index (χ3n) is 3.70. The number of pyridine rings is 1. The molecule has 0 spiro atoms. The molecule has 0 atom stereocenters. The number of nitrogens with one attached hydrogen (secondary N) is 1. The number of nitrogens with zero attached hydrogens (tertiary/aromatic N) is 2. The maximum absolute atomic E-state index is 5.82. The Balaban J connectivity index is 1.92. The summed E-state index contributed by atoms with van der Waals surface area (Å²) in [5, 5.41) is 3.43. The van der Waals surface area contributed by atoms with E-state index in [1.54, 1.807) is 6.20 Å². The first-order chi connectivity index (χ1) is 8.58. The van der Waals surface area contributed by atoms with E-state index < -0.39 is 0 Å². The molecule has 2 rings (SSSR count). The van der Waals surface area contributed by atoms with Gasteiger partial charge in [0.25, 0.3) is 0 Å². The second-order valence-corrected chi connectivity index (χ2v) is 5.92. The normalized spacial score (nSPS) is 17.9. The van der Waals surface area contributed by atoms with E-state index in [2.05, 4.69) is 38.2 Å². The van der Waals surface area contributed by atoms with Gasteiger partial charge < -0.3 is 16.0 Å². The highest BCUT2D eigenvalue weighted by molar-refractivity contribution is 9.10. The summed E-state index contributed by atoms with van der Waals surface area (Å²) in [6, 6.07) is 0. The Morgan fingerprint density at radius 2 is 2.17 bits per heavy atom. The van der Waals surface area contributed by atoms with Crippen molar-refractivity contribution in [3.8, 4) is 0 Å². The van der Waals surface area contributed by atoms with Gasteiger partial charge in [-0.1, -0.05) is 0 Å². The van der Waals surface area contributed by atoms with Gasteiger partial charge in [0.1, 0.15) is 5.82 Å². The number of rotatable bonds is 3. The monoisotopic (exact) mass is 312 g/mol. The quantitative estimate of drug-likeness (QED) is 0.900. The lowest BCUT2D eigenvalue weighted by atomic mass is 9.97. The van der Waals surface area contributed by atoms with E-state index in [4.69, 9.17) is 5.73 Å². The molecule has 1 fully saturated rings. The second kappa shape index (κ2) is 5.89. The van der Waals surface area contributed by atoms with Crippen molar-refractivity contribution in [1.82, 2.24) is 9.88 Å². The highest BCUT2D eigenvalue weighted by Gasteiger charge is 2.17. The van der Waals surface area contributed by atoms with E-state index in [9.17, 15) is 0 Å². The molecule has 0 aromatic carbocycles. The molecular weight excluding hydrogens is 292 g/mol. The average Bonchev–Trinajstić information content (AvgIpc) is 2.37. The summed E-state index contributed by atoms with van der Waals surface area (Å²) in [6.07, 6.45) is 4.24. The summed E-state index contributed by atoms with van der Waals surface area (Å²) < 4.78 is 0.982. The molecule has 0 unspecified atom stereocenters. The fourth-order valence-electron chi connectivity index (χ4n) is 2.22. The first-order valence-corrected chi connectivity index (χ1v) is 7.20. The number of hydrogen-bond acceptors (Lipinski definition) is 4. The minimum Gasteiger partial charge on any atom is -0.397 e. The lowest BCUT2D eigenvalue weighted by Gasteiger charge is -2.29. The van der Waals surface area contributed by atoms with E-state index in [0.717, 1.165) is 34.0 Å². The molecule has 18 heavy (non-hydrogen) atoms. The molecule has 3 N–H and O–H groups in total. The van der Waals surface area contributed by atoms with Crippen LogP contribution in [0.15, 0.2) is 10.7 Å². The van der Waals surface area contributed by atoms with Gasteiger partial charge in [0.05, 0.1) is 16.4 Å². The Morgan fingerprint density at radius 1 is 1.50 bits per heavy atom. The number of aromatic nitrogens is 1. The summed E-state index contributed by atoms with van der Waals surface area (Å²) in [6.45, 7) is 5.38. The molecule has 100 valence electrons. The van der Waals surface area contributed by atoms with Crippen molar-refractivity contribution in [3.63, 3.8) is 0 Å². The van der Waals surface area contributed by atoms with Crippen molar-refractivity contribution >= 4 is 27.4 Å². The van der Waals surface area contributed by atoms with E-state index in [1.165, 1.54) is 25.9 Å². The molecule has 1 aliphatic rings. The Kier molecular flexibility index (Phi) is 4.45. The number of halogens is 1. The molecule has 1 saturated heterocycles. The maximum Gasteiger partial charge on any atom is 0.140 e. The Hall–Kier alpha value is -0.810. The molecular formula is C13H21BrN4. The van der Waals surface area contributed by atoms with E-state index in [1.807, 2.05) is 6.92 Å². The Morgan fingerprint density at radius 3 is 2.83 bits per heavy atom. The number of nitrogens with two attached hydrogens (primary N) is 1. The smallest absolute Gasteiger partial charge is 0.140 e. The van der Waals surface area contributed by atoms with Crippen molar-refractivity contribution in [2.45, 2.75) is 19.8 Å². The van der Waals surface area contributed by atoms with Gasteiger partial charge in [0.15, 0.2) is 0 Å². The Bertz CT molecular complexity index is 414. The van der Waals surface area contributed by atoms with Crippen LogP contribution in [0.2, 0.25) is 0 Å². The molecule has 0 saturated carbocycles. The van der Waals surface area contributed by atoms with Gasteiger partial charge in [-0.2, -0.15) is 0 Å². The molecule has 1 aromatic heterocycles. The van der Waals surface area contributed by atoms with E-state index in [0.29, 0.717) is 0 Å². The third kappa shape index (κ3) is 3.14. The fourth-order valence-corrected chi connectivity index (χ4v) is 2.69. The first-order valence-electron chi connectivity index (χ1n) is 6.41. The van der Waals surface area contributed by atoms with Gasteiger partial charge in [-0.05, 0) is 67.3 Å². The SMILES string of the molecule is Cc1c(N)cnc(NCC2CCN(C)CC2)c1Br. The van der Waals surface area contributed by atoms with Crippen molar-refractivity contribution in [2.75, 3.05) is 37.7 Å². The van der Waals surface area contributed by atoms with Gasteiger partial charge in [-0.25, -0.2) is 4.98 Å². The van der Waals surface area contributed by atoms with Crippen molar-refractivity contribution in [3.05, 3.63) is 16.2 Å². The zero-order valence-electron chi connectivity index (χ0n) is 11.0. The predicted octanol–water partition coefficient (Wildman–Crippen LogP) is 2.49. The summed E-state index contributed by atoms with van der Waals surface area (Å²) >= 11 is 3.55. The lowest BCUT2D eigenvalue weighted by Crippen LogP contribution is -2.33. The van der Waals surface area contributed by atoms with Gasteiger partial charge in [-0.15, -0.1) is 0 Å². The average molecular weight is 313 g/mol. The zero-order chi connectivity index (χ0) is 13.1. The van der Waals surface area contributed by atoms with Crippen LogP contribution in [0.1, 0.15) is 18.4 Å². The first kappa shape index (κ1) is 13.6. The molecule has 0 amide bonds. The topological polar surface area (TPSA) is 54.2 Å². The van der Waals surface area contributed by atoms with Crippen LogP contribution in [-0.2, 0) is 0 Å². The number of likely N-dealkylation sites (tertiary alicyclic amines) is 1. The van der Waals surface area contributed by atoms with Crippen LogP contribution in [0, 0.1) is 12.8 Å². The highest BCUT2D eigenvalue weighted by Crippen LogP contribution is 2.28. The molecule has 1 aliphatic heterocycles. The fraction of sp³-hybridized carbons (Fsp3) is 0.615. The van der Waals surface area contributed by atoms with Crippen LogP contribution < -0.4 is 11.1 Å². The number of anilines is 2. The number of piperidine rings is 1. The second-order valence-electron chi connectivity index (χ2n) is 5.13. The molecule has 5 heteroatoms. The van der Waals surface area contributed by atoms with Gasteiger partial charge in [0.2, 0.25) is 0 Å². The minimum absolute atomic E-state index is 0.728. The van der Waals surface area contributed by atoms with E-state index in [-0.39, 0.29) is 0 Å². The zero-order valence-corrected chi connectivity index (χ0v) is 12.6. The minimum atomic E-state index is 0.728. The summed E-state index contributed by atoms with van der Waals surface area (Å²) in [5.74, 6) is 1.65. The van der Waals surface area contributed by atoms with Gasteiger partial charge >= 0.3 is 0 Å².